The largest absolute Gasteiger partial charge is 0.488 e. The maximum absolute atomic E-state index is 5.53. The van der Waals surface area contributed by atoms with Gasteiger partial charge in [-0.2, -0.15) is 0 Å². The second kappa shape index (κ2) is 5.49. The van der Waals surface area contributed by atoms with E-state index in [-0.39, 0.29) is 6.29 Å². The average Bonchev–Trinajstić information content (AvgIpc) is 2.30. The lowest BCUT2D eigenvalue weighted by Crippen LogP contribution is -2.30. The van der Waals surface area contributed by atoms with Crippen LogP contribution in [0.3, 0.4) is 0 Å². The molecule has 0 unspecified atom stereocenters. The van der Waals surface area contributed by atoms with Crippen LogP contribution < -0.4 is 4.74 Å². The third-order valence-electron chi connectivity index (χ3n) is 2.10. The van der Waals surface area contributed by atoms with Gasteiger partial charge in [-0.15, -0.1) is 0 Å². The lowest BCUT2D eigenvalue weighted by Gasteiger charge is -2.23. The fourth-order valence-electron chi connectivity index (χ4n) is 1.33. The van der Waals surface area contributed by atoms with Crippen molar-refractivity contribution in [2.45, 2.75) is 12.7 Å². The number of hydrogen-bond acceptors (Lipinski definition) is 3. The molecule has 0 spiro atoms. The van der Waals surface area contributed by atoms with Gasteiger partial charge in [0.1, 0.15) is 12.4 Å². The van der Waals surface area contributed by atoms with E-state index in [1.807, 2.05) is 24.3 Å². The molecule has 0 bridgehead atoms. The second-order valence-electron chi connectivity index (χ2n) is 3.29. The first kappa shape index (κ1) is 10.9. The fourth-order valence-corrected chi connectivity index (χ4v) is 1.59. The molecule has 0 N–H and O–H groups in total. The summed E-state index contributed by atoms with van der Waals surface area (Å²) < 4.78 is 17.3. The van der Waals surface area contributed by atoms with Gasteiger partial charge in [-0.3, -0.25) is 0 Å². The number of rotatable bonds is 3. The van der Waals surface area contributed by atoms with Crippen molar-refractivity contribution in [1.82, 2.24) is 0 Å². The Morgan fingerprint density at radius 3 is 2.53 bits per heavy atom. The monoisotopic (exact) mass is 272 g/mol. The van der Waals surface area contributed by atoms with Crippen molar-refractivity contribution in [3.8, 4) is 5.75 Å². The minimum Gasteiger partial charge on any atom is -0.488 e. The zero-order valence-electron chi connectivity index (χ0n) is 8.32. The molecule has 2 rings (SSSR count). The molecule has 82 valence electrons. The molecule has 3 nitrogen and oxygen atoms in total. The fraction of sp³-hybridized carbons (Fsp3) is 0.455. The molecule has 1 saturated heterocycles. The van der Waals surface area contributed by atoms with Gasteiger partial charge in [0.15, 0.2) is 6.29 Å². The Morgan fingerprint density at radius 2 is 1.87 bits per heavy atom. The molecule has 0 aliphatic carbocycles. The maximum atomic E-state index is 5.53. The van der Waals surface area contributed by atoms with Crippen molar-refractivity contribution in [2.75, 3.05) is 19.8 Å². The lowest BCUT2D eigenvalue weighted by molar-refractivity contribution is -0.191. The SMILES string of the molecule is Brc1ccc(OCC2OCCCO2)cc1. The van der Waals surface area contributed by atoms with E-state index < -0.39 is 0 Å². The number of halogens is 1. The van der Waals surface area contributed by atoms with Gasteiger partial charge in [-0.25, -0.2) is 0 Å². The third-order valence-corrected chi connectivity index (χ3v) is 2.62. The van der Waals surface area contributed by atoms with Crippen LogP contribution in [0.5, 0.6) is 5.75 Å². The van der Waals surface area contributed by atoms with E-state index in [0.29, 0.717) is 6.61 Å². The molecule has 0 radical (unpaired) electrons. The Balaban J connectivity index is 1.79. The summed E-state index contributed by atoms with van der Waals surface area (Å²) in [5.41, 5.74) is 0. The molecule has 1 aliphatic rings. The van der Waals surface area contributed by atoms with Crippen LogP contribution in [0.1, 0.15) is 6.42 Å². The maximum Gasteiger partial charge on any atom is 0.191 e. The van der Waals surface area contributed by atoms with Gasteiger partial charge in [0, 0.05) is 4.47 Å². The van der Waals surface area contributed by atoms with Crippen molar-refractivity contribution in [3.05, 3.63) is 28.7 Å². The van der Waals surface area contributed by atoms with Crippen LogP contribution in [0.2, 0.25) is 0 Å². The quantitative estimate of drug-likeness (QED) is 0.847. The van der Waals surface area contributed by atoms with Crippen molar-refractivity contribution in [1.29, 1.82) is 0 Å². The van der Waals surface area contributed by atoms with Gasteiger partial charge in [0.2, 0.25) is 0 Å². The summed E-state index contributed by atoms with van der Waals surface area (Å²) in [6.45, 7) is 1.96. The summed E-state index contributed by atoms with van der Waals surface area (Å²) in [6.07, 6.45) is 0.747. The smallest absolute Gasteiger partial charge is 0.191 e. The topological polar surface area (TPSA) is 27.7 Å². The van der Waals surface area contributed by atoms with Gasteiger partial charge in [-0.1, -0.05) is 15.9 Å². The van der Waals surface area contributed by atoms with Crippen LogP contribution >= 0.6 is 15.9 Å². The van der Waals surface area contributed by atoms with E-state index >= 15 is 0 Å². The highest BCUT2D eigenvalue weighted by Crippen LogP contribution is 2.17. The van der Waals surface area contributed by atoms with Crippen molar-refractivity contribution < 1.29 is 14.2 Å². The van der Waals surface area contributed by atoms with Gasteiger partial charge in [-0.05, 0) is 30.7 Å². The van der Waals surface area contributed by atoms with Gasteiger partial charge < -0.3 is 14.2 Å². The molecule has 1 aromatic carbocycles. The molecule has 0 atom stereocenters. The zero-order chi connectivity index (χ0) is 10.5. The Kier molecular flexibility index (Phi) is 4.00. The van der Waals surface area contributed by atoms with Crippen molar-refractivity contribution in [2.24, 2.45) is 0 Å². The van der Waals surface area contributed by atoms with Gasteiger partial charge in [0.05, 0.1) is 13.2 Å². The zero-order valence-corrected chi connectivity index (χ0v) is 9.90. The highest BCUT2D eigenvalue weighted by molar-refractivity contribution is 9.10. The number of ether oxygens (including phenoxy) is 3. The molecule has 4 heteroatoms. The highest BCUT2D eigenvalue weighted by Gasteiger charge is 2.14. The van der Waals surface area contributed by atoms with E-state index in [2.05, 4.69) is 15.9 Å². The first-order chi connectivity index (χ1) is 7.34. The van der Waals surface area contributed by atoms with E-state index in [4.69, 9.17) is 14.2 Å². The van der Waals surface area contributed by atoms with Crippen LogP contribution in [0.4, 0.5) is 0 Å². The van der Waals surface area contributed by atoms with Crippen LogP contribution in [-0.2, 0) is 9.47 Å². The summed E-state index contributed by atoms with van der Waals surface area (Å²) in [5, 5.41) is 0. The number of benzene rings is 1. The van der Waals surface area contributed by atoms with Crippen LogP contribution in [0.15, 0.2) is 28.7 Å². The molecule has 0 aromatic heterocycles. The predicted molar refractivity (Wildman–Crippen MR) is 59.9 cm³/mol. The Bertz CT molecular complexity index is 293. The standard InChI is InChI=1S/C11H13BrO3/c12-9-2-4-10(5-3-9)15-8-11-13-6-1-7-14-11/h2-5,11H,1,6-8H2. The van der Waals surface area contributed by atoms with Crippen LogP contribution in [0.25, 0.3) is 0 Å². The summed E-state index contributed by atoms with van der Waals surface area (Å²) in [7, 11) is 0. The first-order valence-electron chi connectivity index (χ1n) is 4.96. The highest BCUT2D eigenvalue weighted by atomic mass is 79.9. The summed E-state index contributed by atoms with van der Waals surface area (Å²) in [5.74, 6) is 0.830. The van der Waals surface area contributed by atoms with Crippen LogP contribution in [-0.4, -0.2) is 26.1 Å². The Hall–Kier alpha value is -0.580. The first-order valence-corrected chi connectivity index (χ1v) is 5.75. The second-order valence-corrected chi connectivity index (χ2v) is 4.21. The van der Waals surface area contributed by atoms with Crippen LogP contribution in [0, 0.1) is 0 Å². The third kappa shape index (κ3) is 3.48. The Labute approximate surface area is 97.5 Å². The lowest BCUT2D eigenvalue weighted by atomic mass is 10.3. The predicted octanol–water partition coefficient (Wildman–Crippen LogP) is 2.59. The molecule has 15 heavy (non-hydrogen) atoms. The van der Waals surface area contributed by atoms with Gasteiger partial charge in [0.25, 0.3) is 0 Å². The molecule has 1 aliphatic heterocycles. The minimum absolute atomic E-state index is 0.220. The van der Waals surface area contributed by atoms with Gasteiger partial charge >= 0.3 is 0 Å². The van der Waals surface area contributed by atoms with E-state index in [1.54, 1.807) is 0 Å². The molecule has 1 heterocycles. The minimum atomic E-state index is -0.220. The Morgan fingerprint density at radius 1 is 1.20 bits per heavy atom. The normalized spacial score (nSPS) is 17.7. The molecule has 0 amide bonds. The van der Waals surface area contributed by atoms with E-state index in [1.165, 1.54) is 0 Å². The summed E-state index contributed by atoms with van der Waals surface area (Å²) in [6, 6.07) is 7.70. The molecule has 1 aromatic rings. The number of hydrogen-bond donors (Lipinski definition) is 0. The average molecular weight is 273 g/mol. The molecular weight excluding hydrogens is 260 g/mol. The molecule has 1 fully saturated rings. The molecular formula is C11H13BrO3. The summed E-state index contributed by atoms with van der Waals surface area (Å²) >= 11 is 3.37. The van der Waals surface area contributed by atoms with Crippen molar-refractivity contribution in [3.63, 3.8) is 0 Å². The van der Waals surface area contributed by atoms with E-state index in [9.17, 15) is 0 Å². The van der Waals surface area contributed by atoms with E-state index in [0.717, 1.165) is 29.9 Å². The van der Waals surface area contributed by atoms with Crippen molar-refractivity contribution >= 4 is 15.9 Å². The molecule has 0 saturated carbocycles. The summed E-state index contributed by atoms with van der Waals surface area (Å²) in [4.78, 5) is 0.